The first-order chi connectivity index (χ1) is 9.12. The van der Waals surface area contributed by atoms with Gasteiger partial charge in [-0.2, -0.15) is 0 Å². The molecule has 0 aliphatic carbocycles. The molecule has 1 aliphatic rings. The summed E-state index contributed by atoms with van der Waals surface area (Å²) in [5, 5.41) is 13.6. The molecule has 2 aromatic rings. The van der Waals surface area contributed by atoms with Gasteiger partial charge in [-0.05, 0) is 6.07 Å². The number of para-hydroxylation sites is 1. The Morgan fingerprint density at radius 2 is 2.21 bits per heavy atom. The van der Waals surface area contributed by atoms with Gasteiger partial charge < -0.3 is 19.7 Å². The molecule has 19 heavy (non-hydrogen) atoms. The molecule has 2 heterocycles. The normalized spacial score (nSPS) is 17.1. The molecule has 0 atom stereocenters. The highest BCUT2D eigenvalue weighted by molar-refractivity contribution is 5.93. The molecule has 0 bridgehead atoms. The molecule has 0 unspecified atom stereocenters. The maximum absolute atomic E-state index is 11.3. The zero-order valence-corrected chi connectivity index (χ0v) is 10.7. The topological polar surface area (TPSA) is 63.5 Å². The number of carboxylic acids is 1. The Balaban J connectivity index is 1.84. The number of nitrogens with one attached hydrogen (secondary N) is 1. The maximum atomic E-state index is 11.3. The molecule has 0 amide bonds. The number of ether oxygens (including phenoxy) is 1. The van der Waals surface area contributed by atoms with Crippen LogP contribution in [0.1, 0.15) is 0 Å². The smallest absolute Gasteiger partial charge is 0.316 e. The molecule has 100 valence electrons. The predicted octanol–water partition coefficient (Wildman–Crippen LogP) is 1.69. The summed E-state index contributed by atoms with van der Waals surface area (Å²) in [5.74, 6) is -0.800. The van der Waals surface area contributed by atoms with Gasteiger partial charge in [-0.25, -0.2) is 0 Å². The van der Waals surface area contributed by atoms with E-state index in [1.165, 1.54) is 0 Å². The molecule has 1 aromatic carbocycles. The molecular formula is C14H16N2O3. The van der Waals surface area contributed by atoms with Gasteiger partial charge in [0.2, 0.25) is 0 Å². The van der Waals surface area contributed by atoms with Crippen molar-refractivity contribution in [3.05, 3.63) is 30.5 Å². The van der Waals surface area contributed by atoms with Gasteiger partial charge in [0.05, 0.1) is 18.9 Å². The summed E-state index contributed by atoms with van der Waals surface area (Å²) in [6, 6.07) is 8.04. The van der Waals surface area contributed by atoms with Crippen LogP contribution in [0.15, 0.2) is 30.5 Å². The van der Waals surface area contributed by atoms with Gasteiger partial charge in [0.25, 0.3) is 0 Å². The average Bonchev–Trinajstić information content (AvgIpc) is 2.66. The van der Waals surface area contributed by atoms with E-state index < -0.39 is 11.4 Å². The van der Waals surface area contributed by atoms with Crippen molar-refractivity contribution in [1.29, 1.82) is 0 Å². The molecule has 5 nitrogen and oxygen atoms in total. The van der Waals surface area contributed by atoms with Crippen LogP contribution in [0, 0.1) is 5.41 Å². The Bertz CT molecular complexity index is 629. The molecule has 1 saturated heterocycles. The molecular weight excluding hydrogens is 244 g/mol. The number of anilines is 1. The zero-order valence-electron chi connectivity index (χ0n) is 10.7. The number of hydrogen-bond acceptors (Lipinski definition) is 3. The van der Waals surface area contributed by atoms with Crippen LogP contribution in [-0.4, -0.2) is 35.4 Å². The van der Waals surface area contributed by atoms with E-state index >= 15 is 0 Å². The number of carbonyl (C=O) groups is 1. The van der Waals surface area contributed by atoms with Gasteiger partial charge >= 0.3 is 5.97 Å². The molecule has 0 radical (unpaired) electrons. The predicted molar refractivity (Wildman–Crippen MR) is 72.3 cm³/mol. The van der Waals surface area contributed by atoms with Crippen LogP contribution >= 0.6 is 0 Å². The SMILES string of the molecule is Cn1cc(NCC2(C(=O)O)COC2)c2ccccc21. The fraction of sp³-hybridized carbons (Fsp3) is 0.357. The van der Waals surface area contributed by atoms with Gasteiger partial charge in [0.15, 0.2) is 0 Å². The maximum Gasteiger partial charge on any atom is 0.316 e. The number of aliphatic carboxylic acids is 1. The second-order valence-corrected chi connectivity index (χ2v) is 5.10. The summed E-state index contributed by atoms with van der Waals surface area (Å²) >= 11 is 0. The summed E-state index contributed by atoms with van der Waals surface area (Å²) in [6.45, 7) is 0.941. The van der Waals surface area contributed by atoms with E-state index in [4.69, 9.17) is 4.74 Å². The van der Waals surface area contributed by atoms with Crippen LogP contribution in [0.2, 0.25) is 0 Å². The van der Waals surface area contributed by atoms with Crippen LogP contribution in [0.25, 0.3) is 10.9 Å². The Labute approximate surface area is 110 Å². The molecule has 5 heteroatoms. The van der Waals surface area contributed by atoms with Crippen molar-refractivity contribution in [2.45, 2.75) is 0 Å². The van der Waals surface area contributed by atoms with Crippen molar-refractivity contribution in [3.63, 3.8) is 0 Å². The van der Waals surface area contributed by atoms with Gasteiger partial charge in [-0.1, -0.05) is 18.2 Å². The third-order valence-corrected chi connectivity index (χ3v) is 3.72. The minimum absolute atomic E-state index is 0.278. The average molecular weight is 260 g/mol. The first-order valence-corrected chi connectivity index (χ1v) is 6.21. The standard InChI is InChI=1S/C14H16N2O3/c1-16-6-11(10-4-2-3-5-12(10)16)15-7-14(13(17)18)8-19-9-14/h2-6,15H,7-9H2,1H3,(H,17,18). The van der Waals surface area contributed by atoms with Crippen LogP contribution in [0.5, 0.6) is 0 Å². The van der Waals surface area contributed by atoms with Gasteiger partial charge in [0.1, 0.15) is 5.41 Å². The highest BCUT2D eigenvalue weighted by Gasteiger charge is 2.46. The molecule has 1 aromatic heterocycles. The molecule has 3 rings (SSSR count). The quantitative estimate of drug-likeness (QED) is 0.878. The minimum atomic E-state index is -0.800. The van der Waals surface area contributed by atoms with Crippen molar-refractivity contribution < 1.29 is 14.6 Å². The molecule has 0 spiro atoms. The number of fused-ring (bicyclic) bond motifs is 1. The number of nitrogens with zero attached hydrogens (tertiary/aromatic N) is 1. The van der Waals surface area contributed by atoms with Crippen molar-refractivity contribution >= 4 is 22.6 Å². The zero-order chi connectivity index (χ0) is 13.5. The Morgan fingerprint density at radius 1 is 1.47 bits per heavy atom. The number of aromatic nitrogens is 1. The third kappa shape index (κ3) is 1.86. The highest BCUT2D eigenvalue weighted by atomic mass is 16.5. The molecule has 1 fully saturated rings. The van der Waals surface area contributed by atoms with E-state index in [-0.39, 0.29) is 13.2 Å². The monoisotopic (exact) mass is 260 g/mol. The van der Waals surface area contributed by atoms with Gasteiger partial charge in [-0.3, -0.25) is 4.79 Å². The second-order valence-electron chi connectivity index (χ2n) is 5.10. The summed E-state index contributed by atoms with van der Waals surface area (Å²) in [7, 11) is 1.98. The summed E-state index contributed by atoms with van der Waals surface area (Å²) < 4.78 is 7.08. The van der Waals surface area contributed by atoms with E-state index in [0.717, 1.165) is 16.6 Å². The van der Waals surface area contributed by atoms with Crippen LogP contribution in [-0.2, 0) is 16.6 Å². The van der Waals surface area contributed by atoms with Gasteiger partial charge in [-0.15, -0.1) is 0 Å². The van der Waals surface area contributed by atoms with Gasteiger partial charge in [0, 0.05) is 30.7 Å². The van der Waals surface area contributed by atoms with Crippen molar-refractivity contribution in [1.82, 2.24) is 4.57 Å². The van der Waals surface area contributed by atoms with Crippen molar-refractivity contribution in [2.75, 3.05) is 25.1 Å². The number of aryl methyl sites for hydroxylation is 1. The minimum Gasteiger partial charge on any atom is -0.481 e. The van der Waals surface area contributed by atoms with E-state index in [9.17, 15) is 9.90 Å². The number of benzene rings is 1. The summed E-state index contributed by atoms with van der Waals surface area (Å²) in [6.07, 6.45) is 1.99. The third-order valence-electron chi connectivity index (χ3n) is 3.72. The van der Waals surface area contributed by atoms with E-state index in [1.54, 1.807) is 0 Å². The fourth-order valence-electron chi connectivity index (χ4n) is 2.40. The van der Waals surface area contributed by atoms with Crippen LogP contribution in [0.4, 0.5) is 5.69 Å². The van der Waals surface area contributed by atoms with Crippen LogP contribution in [0.3, 0.4) is 0 Å². The number of carboxylic acid groups (broad SMARTS) is 1. The fourth-order valence-corrected chi connectivity index (χ4v) is 2.40. The molecule has 2 N–H and O–H groups in total. The summed E-state index contributed by atoms with van der Waals surface area (Å²) in [4.78, 5) is 11.3. The highest BCUT2D eigenvalue weighted by Crippen LogP contribution is 2.30. The lowest BCUT2D eigenvalue weighted by Crippen LogP contribution is -2.53. The second kappa shape index (κ2) is 4.28. The number of hydrogen-bond donors (Lipinski definition) is 2. The Hall–Kier alpha value is -2.01. The van der Waals surface area contributed by atoms with Crippen molar-refractivity contribution in [2.24, 2.45) is 12.5 Å². The summed E-state index contributed by atoms with van der Waals surface area (Å²) in [5.41, 5.74) is 1.31. The lowest BCUT2D eigenvalue weighted by Gasteiger charge is -2.37. The van der Waals surface area contributed by atoms with Crippen molar-refractivity contribution in [3.8, 4) is 0 Å². The van der Waals surface area contributed by atoms with E-state index in [1.807, 2.05) is 42.1 Å². The first-order valence-electron chi connectivity index (χ1n) is 6.21. The molecule has 0 saturated carbocycles. The number of rotatable bonds is 4. The Kier molecular flexibility index (Phi) is 2.71. The first kappa shape index (κ1) is 12.0. The van der Waals surface area contributed by atoms with Crippen LogP contribution < -0.4 is 5.32 Å². The largest absolute Gasteiger partial charge is 0.481 e. The Morgan fingerprint density at radius 3 is 2.84 bits per heavy atom. The lowest BCUT2D eigenvalue weighted by atomic mass is 9.86. The van der Waals surface area contributed by atoms with E-state index in [2.05, 4.69) is 5.32 Å². The molecule has 1 aliphatic heterocycles. The van der Waals surface area contributed by atoms with E-state index in [0.29, 0.717) is 6.54 Å². The lowest BCUT2D eigenvalue weighted by molar-refractivity contribution is -0.176.